The molecule has 2 aliphatic rings. The summed E-state index contributed by atoms with van der Waals surface area (Å²) in [6.07, 6.45) is 1.26. The molecule has 0 unspecified atom stereocenters. The van der Waals surface area contributed by atoms with Crippen molar-refractivity contribution in [2.24, 2.45) is 0 Å². The number of ether oxygens (including phenoxy) is 2. The van der Waals surface area contributed by atoms with Crippen LogP contribution >= 0.6 is 0 Å². The summed E-state index contributed by atoms with van der Waals surface area (Å²) in [7, 11) is -2.05. The number of carbonyl (C=O) groups is 1. The van der Waals surface area contributed by atoms with Crippen molar-refractivity contribution in [2.45, 2.75) is 43.6 Å². The summed E-state index contributed by atoms with van der Waals surface area (Å²) in [5, 5.41) is 0. The molecule has 1 fully saturated rings. The molecule has 0 amide bonds. The second-order valence-electron chi connectivity index (χ2n) is 7.92. The van der Waals surface area contributed by atoms with Gasteiger partial charge < -0.3 is 9.47 Å². The number of aryl methyl sites for hydroxylation is 2. The highest BCUT2D eigenvalue weighted by Crippen LogP contribution is 2.40. The van der Waals surface area contributed by atoms with Gasteiger partial charge in [0.15, 0.2) is 5.78 Å². The quantitative estimate of drug-likeness (QED) is 0.767. The number of sulfonamides is 1. The summed E-state index contributed by atoms with van der Waals surface area (Å²) in [6, 6.07) is 10.5. The van der Waals surface area contributed by atoms with Crippen LogP contribution in [0.1, 0.15) is 40.7 Å². The third-order valence-electron chi connectivity index (χ3n) is 5.88. The molecule has 0 N–H and O–H groups in total. The van der Waals surface area contributed by atoms with Crippen molar-refractivity contribution in [1.82, 2.24) is 4.31 Å². The molecule has 0 atom stereocenters. The molecule has 154 valence electrons. The van der Waals surface area contributed by atoms with Crippen molar-refractivity contribution in [2.75, 3.05) is 20.2 Å². The van der Waals surface area contributed by atoms with E-state index in [2.05, 4.69) is 0 Å². The zero-order valence-electron chi connectivity index (χ0n) is 16.9. The maximum atomic E-state index is 13.1. The van der Waals surface area contributed by atoms with Gasteiger partial charge in [-0.1, -0.05) is 6.07 Å². The van der Waals surface area contributed by atoms with Crippen LogP contribution in [0.4, 0.5) is 0 Å². The zero-order valence-corrected chi connectivity index (χ0v) is 17.7. The Morgan fingerprint density at radius 3 is 2.45 bits per heavy atom. The van der Waals surface area contributed by atoms with Crippen LogP contribution in [0.2, 0.25) is 0 Å². The smallest absolute Gasteiger partial charge is 0.243 e. The summed E-state index contributed by atoms with van der Waals surface area (Å²) in [5.41, 5.74) is 1.79. The largest absolute Gasteiger partial charge is 0.496 e. The van der Waals surface area contributed by atoms with Gasteiger partial charge in [0.25, 0.3) is 0 Å². The fourth-order valence-electron chi connectivity index (χ4n) is 4.17. The Bertz CT molecular complexity index is 1070. The summed E-state index contributed by atoms with van der Waals surface area (Å²) < 4.78 is 39.2. The van der Waals surface area contributed by atoms with Crippen LogP contribution in [0.3, 0.4) is 0 Å². The average Bonchev–Trinajstić information content (AvgIpc) is 2.67. The highest BCUT2D eigenvalue weighted by Gasteiger charge is 2.45. The van der Waals surface area contributed by atoms with Gasteiger partial charge in [0.05, 0.1) is 24.0 Å². The van der Waals surface area contributed by atoms with Crippen LogP contribution in [0.25, 0.3) is 0 Å². The number of benzene rings is 2. The molecule has 1 saturated heterocycles. The third-order valence-corrected chi connectivity index (χ3v) is 7.78. The second-order valence-corrected chi connectivity index (χ2v) is 9.86. The highest BCUT2D eigenvalue weighted by molar-refractivity contribution is 7.89. The molecule has 0 bridgehead atoms. The standard InChI is InChI=1S/C22H25NO5S/c1-15-4-6-18-19(24)14-22(28-21(18)12-15)8-10-23(11-9-22)29(25,26)17-5-7-20(27-3)16(2)13-17/h4-7,12-13H,8-11,14H2,1-3H3. The maximum absolute atomic E-state index is 13.1. The van der Waals surface area contributed by atoms with E-state index in [0.717, 1.165) is 11.1 Å². The van der Waals surface area contributed by atoms with Gasteiger partial charge in [0, 0.05) is 25.9 Å². The predicted octanol–water partition coefficient (Wildman–Crippen LogP) is 3.50. The number of piperidine rings is 1. The van der Waals surface area contributed by atoms with E-state index in [9.17, 15) is 13.2 Å². The number of hydrogen-bond acceptors (Lipinski definition) is 5. The lowest BCUT2D eigenvalue weighted by Crippen LogP contribution is -2.52. The van der Waals surface area contributed by atoms with E-state index < -0.39 is 15.6 Å². The Morgan fingerprint density at radius 2 is 1.79 bits per heavy atom. The van der Waals surface area contributed by atoms with Crippen molar-refractivity contribution in [3.05, 3.63) is 53.1 Å². The molecular weight excluding hydrogens is 390 g/mol. The SMILES string of the molecule is COc1ccc(S(=O)(=O)N2CCC3(CC2)CC(=O)c2ccc(C)cc2O3)cc1C. The molecule has 0 radical (unpaired) electrons. The zero-order chi connectivity index (χ0) is 20.8. The van der Waals surface area contributed by atoms with Gasteiger partial charge in [-0.25, -0.2) is 8.42 Å². The van der Waals surface area contributed by atoms with Gasteiger partial charge >= 0.3 is 0 Å². The fourth-order valence-corrected chi connectivity index (χ4v) is 5.70. The van der Waals surface area contributed by atoms with Crippen LogP contribution in [-0.2, 0) is 10.0 Å². The first-order valence-electron chi connectivity index (χ1n) is 9.72. The number of hydrogen-bond donors (Lipinski definition) is 0. The lowest BCUT2D eigenvalue weighted by Gasteiger charge is -2.43. The Kier molecular flexibility index (Phi) is 4.91. The first-order valence-corrected chi connectivity index (χ1v) is 11.2. The van der Waals surface area contributed by atoms with Gasteiger partial charge in [0.1, 0.15) is 17.1 Å². The molecule has 0 aromatic heterocycles. The van der Waals surface area contributed by atoms with E-state index in [4.69, 9.17) is 9.47 Å². The molecule has 7 heteroatoms. The van der Waals surface area contributed by atoms with Crippen LogP contribution < -0.4 is 9.47 Å². The van der Waals surface area contributed by atoms with Crippen LogP contribution in [-0.4, -0.2) is 44.3 Å². The number of carbonyl (C=O) groups excluding carboxylic acids is 1. The number of fused-ring (bicyclic) bond motifs is 1. The molecule has 2 aliphatic heterocycles. The van der Waals surface area contributed by atoms with Gasteiger partial charge in [-0.05, 0) is 55.3 Å². The van der Waals surface area contributed by atoms with Gasteiger partial charge in [-0.15, -0.1) is 0 Å². The lowest BCUT2D eigenvalue weighted by atomic mass is 9.83. The van der Waals surface area contributed by atoms with Gasteiger partial charge in [-0.3, -0.25) is 4.79 Å². The van der Waals surface area contributed by atoms with E-state index in [-0.39, 0.29) is 10.7 Å². The van der Waals surface area contributed by atoms with Gasteiger partial charge in [-0.2, -0.15) is 4.31 Å². The molecule has 2 heterocycles. The Morgan fingerprint density at radius 1 is 1.07 bits per heavy atom. The molecule has 0 saturated carbocycles. The summed E-state index contributed by atoms with van der Waals surface area (Å²) in [4.78, 5) is 12.9. The minimum absolute atomic E-state index is 0.0633. The van der Waals surface area contributed by atoms with E-state index in [1.165, 1.54) is 4.31 Å². The Labute approximate surface area is 171 Å². The number of Topliss-reactive ketones (excluding diaryl/α,β-unsaturated/α-hetero) is 1. The normalized spacial score (nSPS) is 18.9. The second kappa shape index (κ2) is 7.15. The topological polar surface area (TPSA) is 72.9 Å². The molecule has 2 aromatic rings. The number of nitrogens with zero attached hydrogens (tertiary/aromatic N) is 1. The number of rotatable bonds is 3. The Hall–Kier alpha value is -2.38. The minimum atomic E-state index is -3.61. The summed E-state index contributed by atoms with van der Waals surface area (Å²) >= 11 is 0. The molecule has 6 nitrogen and oxygen atoms in total. The van der Waals surface area contributed by atoms with Crippen molar-refractivity contribution in [3.63, 3.8) is 0 Å². The van der Waals surface area contributed by atoms with Crippen LogP contribution in [0.5, 0.6) is 11.5 Å². The van der Waals surface area contributed by atoms with Crippen molar-refractivity contribution in [1.29, 1.82) is 0 Å². The number of methoxy groups -OCH3 is 1. The maximum Gasteiger partial charge on any atom is 0.243 e. The van der Waals surface area contributed by atoms with E-state index in [1.807, 2.05) is 32.0 Å². The van der Waals surface area contributed by atoms with Crippen LogP contribution in [0.15, 0.2) is 41.3 Å². The number of ketones is 1. The average molecular weight is 416 g/mol. The minimum Gasteiger partial charge on any atom is -0.496 e. The summed E-state index contributed by atoms with van der Waals surface area (Å²) in [5.74, 6) is 1.33. The highest BCUT2D eigenvalue weighted by atomic mass is 32.2. The molecule has 1 spiro atoms. The molecule has 2 aromatic carbocycles. The van der Waals surface area contributed by atoms with Crippen LogP contribution in [0, 0.1) is 13.8 Å². The van der Waals surface area contributed by atoms with Crippen molar-refractivity contribution >= 4 is 15.8 Å². The first kappa shape index (κ1) is 19.9. The predicted molar refractivity (Wildman–Crippen MR) is 109 cm³/mol. The third kappa shape index (κ3) is 3.53. The van der Waals surface area contributed by atoms with E-state index in [1.54, 1.807) is 25.3 Å². The first-order chi connectivity index (χ1) is 13.7. The summed E-state index contributed by atoms with van der Waals surface area (Å²) in [6.45, 7) is 4.43. The molecule has 4 rings (SSSR count). The van der Waals surface area contributed by atoms with E-state index >= 15 is 0 Å². The molecule has 29 heavy (non-hydrogen) atoms. The van der Waals surface area contributed by atoms with E-state index in [0.29, 0.717) is 49.4 Å². The lowest BCUT2D eigenvalue weighted by molar-refractivity contribution is 0.00588. The van der Waals surface area contributed by atoms with Crippen molar-refractivity contribution < 1.29 is 22.7 Å². The monoisotopic (exact) mass is 415 g/mol. The van der Waals surface area contributed by atoms with Crippen molar-refractivity contribution in [3.8, 4) is 11.5 Å². The fraction of sp³-hybridized carbons (Fsp3) is 0.409. The molecule has 0 aliphatic carbocycles. The molecular formula is C22H25NO5S. The van der Waals surface area contributed by atoms with Gasteiger partial charge in [0.2, 0.25) is 10.0 Å². The Balaban J connectivity index is 1.53.